The first kappa shape index (κ1) is 10.4. The van der Waals surface area contributed by atoms with Gasteiger partial charge in [0.25, 0.3) is 0 Å². The van der Waals surface area contributed by atoms with Gasteiger partial charge in [-0.1, -0.05) is 11.3 Å². The van der Waals surface area contributed by atoms with Gasteiger partial charge in [-0.2, -0.15) is 10.2 Å². The molecule has 0 aliphatic heterocycles. The van der Waals surface area contributed by atoms with E-state index in [0.717, 1.165) is 28.4 Å². The normalized spacial score (nSPS) is 10.5. The number of alkyl halides is 1. The molecule has 0 aromatic carbocycles. The molecule has 6 heteroatoms. The summed E-state index contributed by atoms with van der Waals surface area (Å²) >= 11 is 7.19. The number of aromatic nitrogens is 4. The maximum absolute atomic E-state index is 5.61. The molecule has 0 unspecified atom stereocenters. The minimum Gasteiger partial charge on any atom is -0.159 e. The Labute approximate surface area is 96.3 Å². The summed E-state index contributed by atoms with van der Waals surface area (Å²) in [6.45, 7) is 0. The lowest BCUT2D eigenvalue weighted by molar-refractivity contribution is 0.884. The monoisotopic (exact) mass is 240 g/mol. The van der Waals surface area contributed by atoms with E-state index < -0.39 is 0 Å². The molecule has 0 aliphatic carbocycles. The summed E-state index contributed by atoms with van der Waals surface area (Å²) in [5.41, 5.74) is 0.958. The van der Waals surface area contributed by atoms with Crippen LogP contribution in [-0.2, 0) is 6.42 Å². The van der Waals surface area contributed by atoms with Crippen molar-refractivity contribution in [2.45, 2.75) is 12.8 Å². The third-order valence-electron chi connectivity index (χ3n) is 1.82. The first-order valence-electron chi connectivity index (χ1n) is 4.55. The van der Waals surface area contributed by atoms with E-state index in [9.17, 15) is 0 Å². The molecule has 0 amide bonds. The first-order valence-corrected chi connectivity index (χ1v) is 5.90. The lowest BCUT2D eigenvalue weighted by atomic mass is 10.3. The maximum atomic E-state index is 5.61. The summed E-state index contributed by atoms with van der Waals surface area (Å²) < 4.78 is 0. The second-order valence-corrected chi connectivity index (χ2v) is 4.36. The lowest BCUT2D eigenvalue weighted by Gasteiger charge is -1.90. The Balaban J connectivity index is 2.14. The van der Waals surface area contributed by atoms with Crippen molar-refractivity contribution in [3.63, 3.8) is 0 Å². The summed E-state index contributed by atoms with van der Waals surface area (Å²) in [6, 6.07) is 1.87. The van der Waals surface area contributed by atoms with Gasteiger partial charge >= 0.3 is 0 Å². The SMILES string of the molecule is ClCCCc1nnc(-c2ccnnc2)s1. The standard InChI is InChI=1S/C9H9ClN4S/c10-4-1-2-8-13-14-9(15-8)7-3-5-11-12-6-7/h3,5-6H,1-2,4H2. The zero-order valence-corrected chi connectivity index (χ0v) is 9.50. The molecule has 0 atom stereocenters. The van der Waals surface area contributed by atoms with Gasteiger partial charge < -0.3 is 0 Å². The molecule has 0 bridgehead atoms. The van der Waals surface area contributed by atoms with Crippen molar-refractivity contribution >= 4 is 22.9 Å². The van der Waals surface area contributed by atoms with Gasteiger partial charge in [0.1, 0.15) is 10.0 Å². The number of halogens is 1. The highest BCUT2D eigenvalue weighted by atomic mass is 35.5. The molecule has 0 fully saturated rings. The van der Waals surface area contributed by atoms with Gasteiger partial charge in [-0.25, -0.2) is 0 Å². The molecule has 0 aliphatic rings. The van der Waals surface area contributed by atoms with Crippen LogP contribution in [0.4, 0.5) is 0 Å². The van der Waals surface area contributed by atoms with Crippen molar-refractivity contribution in [1.29, 1.82) is 0 Å². The zero-order valence-electron chi connectivity index (χ0n) is 7.93. The summed E-state index contributed by atoms with van der Waals surface area (Å²) in [5.74, 6) is 0.658. The fourth-order valence-corrected chi connectivity index (χ4v) is 2.11. The van der Waals surface area contributed by atoms with E-state index in [0.29, 0.717) is 5.88 Å². The summed E-state index contributed by atoms with van der Waals surface area (Å²) in [5, 5.41) is 17.6. The van der Waals surface area contributed by atoms with E-state index in [2.05, 4.69) is 20.4 Å². The highest BCUT2D eigenvalue weighted by Crippen LogP contribution is 2.22. The van der Waals surface area contributed by atoms with E-state index in [-0.39, 0.29) is 0 Å². The second kappa shape index (κ2) is 5.14. The van der Waals surface area contributed by atoms with Crippen molar-refractivity contribution in [3.8, 4) is 10.6 Å². The smallest absolute Gasteiger partial charge is 0.149 e. The molecule has 0 N–H and O–H groups in total. The highest BCUT2D eigenvalue weighted by molar-refractivity contribution is 7.14. The Morgan fingerprint density at radius 3 is 2.93 bits per heavy atom. The fourth-order valence-electron chi connectivity index (χ4n) is 1.11. The molecule has 78 valence electrons. The molecule has 2 aromatic heterocycles. The molecule has 4 nitrogen and oxygen atoms in total. The largest absolute Gasteiger partial charge is 0.159 e. The molecule has 0 radical (unpaired) electrons. The average Bonchev–Trinajstić information content (AvgIpc) is 2.76. The van der Waals surface area contributed by atoms with Crippen LogP contribution in [0.15, 0.2) is 18.5 Å². The maximum Gasteiger partial charge on any atom is 0.149 e. The molecule has 0 saturated heterocycles. The number of aryl methyl sites for hydroxylation is 1. The van der Waals surface area contributed by atoms with Crippen LogP contribution in [0.2, 0.25) is 0 Å². The third-order valence-corrected chi connectivity index (χ3v) is 3.12. The minimum absolute atomic E-state index is 0.658. The predicted molar refractivity (Wildman–Crippen MR) is 60.0 cm³/mol. The summed E-state index contributed by atoms with van der Waals surface area (Å²) in [7, 11) is 0. The van der Waals surface area contributed by atoms with E-state index in [1.165, 1.54) is 0 Å². The van der Waals surface area contributed by atoms with Gasteiger partial charge in [0.05, 0.1) is 12.4 Å². The van der Waals surface area contributed by atoms with Crippen LogP contribution in [0.25, 0.3) is 10.6 Å². The van der Waals surface area contributed by atoms with Gasteiger partial charge in [0, 0.05) is 17.9 Å². The van der Waals surface area contributed by atoms with Crippen LogP contribution in [-0.4, -0.2) is 26.3 Å². The molecular weight excluding hydrogens is 232 g/mol. The molecule has 2 heterocycles. The number of hydrogen-bond donors (Lipinski definition) is 0. The van der Waals surface area contributed by atoms with Crippen molar-refractivity contribution in [1.82, 2.24) is 20.4 Å². The summed E-state index contributed by atoms with van der Waals surface area (Å²) in [4.78, 5) is 0. The molecule has 2 aromatic rings. The Kier molecular flexibility index (Phi) is 3.58. The Hall–Kier alpha value is -1.07. The third kappa shape index (κ3) is 2.70. The molecule has 2 rings (SSSR count). The van der Waals surface area contributed by atoms with Crippen LogP contribution in [0.3, 0.4) is 0 Å². The molecule has 15 heavy (non-hydrogen) atoms. The van der Waals surface area contributed by atoms with Crippen molar-refractivity contribution in [2.75, 3.05) is 5.88 Å². The van der Waals surface area contributed by atoms with Gasteiger partial charge in [-0.3, -0.25) is 0 Å². The van der Waals surface area contributed by atoms with E-state index in [1.807, 2.05) is 6.07 Å². The second-order valence-electron chi connectivity index (χ2n) is 2.92. The number of nitrogens with zero attached hydrogens (tertiary/aromatic N) is 4. The van der Waals surface area contributed by atoms with E-state index in [4.69, 9.17) is 11.6 Å². The van der Waals surface area contributed by atoms with E-state index in [1.54, 1.807) is 23.7 Å². The first-order chi connectivity index (χ1) is 7.40. The van der Waals surface area contributed by atoms with Gasteiger partial charge in [0.15, 0.2) is 0 Å². The Morgan fingerprint density at radius 2 is 2.20 bits per heavy atom. The quantitative estimate of drug-likeness (QED) is 0.769. The topological polar surface area (TPSA) is 51.6 Å². The Bertz CT molecular complexity index is 417. The van der Waals surface area contributed by atoms with Crippen molar-refractivity contribution < 1.29 is 0 Å². The summed E-state index contributed by atoms with van der Waals surface area (Å²) in [6.07, 6.45) is 5.16. The van der Waals surface area contributed by atoms with E-state index >= 15 is 0 Å². The molecular formula is C9H9ClN4S. The number of hydrogen-bond acceptors (Lipinski definition) is 5. The zero-order chi connectivity index (χ0) is 10.5. The lowest BCUT2D eigenvalue weighted by Crippen LogP contribution is -1.84. The molecule has 0 saturated carbocycles. The van der Waals surface area contributed by atoms with Crippen LogP contribution in [0.1, 0.15) is 11.4 Å². The van der Waals surface area contributed by atoms with Crippen molar-refractivity contribution in [3.05, 3.63) is 23.5 Å². The van der Waals surface area contributed by atoms with Crippen LogP contribution in [0, 0.1) is 0 Å². The van der Waals surface area contributed by atoms with Gasteiger partial charge in [-0.05, 0) is 12.5 Å². The van der Waals surface area contributed by atoms with Gasteiger partial charge in [-0.15, -0.1) is 21.8 Å². The minimum atomic E-state index is 0.658. The Morgan fingerprint density at radius 1 is 1.27 bits per heavy atom. The van der Waals surface area contributed by atoms with Gasteiger partial charge in [0.2, 0.25) is 0 Å². The predicted octanol–water partition coefficient (Wildman–Crippen LogP) is 2.17. The number of rotatable bonds is 4. The average molecular weight is 241 g/mol. The van der Waals surface area contributed by atoms with Crippen LogP contribution >= 0.6 is 22.9 Å². The van der Waals surface area contributed by atoms with Crippen molar-refractivity contribution in [2.24, 2.45) is 0 Å². The highest BCUT2D eigenvalue weighted by Gasteiger charge is 2.05. The van der Waals surface area contributed by atoms with Crippen LogP contribution < -0.4 is 0 Å². The van der Waals surface area contributed by atoms with Crippen LogP contribution in [0.5, 0.6) is 0 Å². The molecule has 0 spiro atoms. The fraction of sp³-hybridized carbons (Fsp3) is 0.333.